The van der Waals surface area contributed by atoms with Crippen LogP contribution in [-0.2, 0) is 14.3 Å². The minimum absolute atomic E-state index is 0.313. The number of halogens is 1. The molecule has 0 aromatic carbocycles. The molecule has 0 bridgehead atoms. The first kappa shape index (κ1) is 11.4. The molecule has 1 N–H and O–H groups in total. The van der Waals surface area contributed by atoms with Crippen molar-refractivity contribution in [2.45, 2.75) is 12.8 Å². The second-order valence-corrected chi connectivity index (χ2v) is 3.04. The monoisotopic (exact) mass is 238 g/mol. The zero-order chi connectivity index (χ0) is 9.56. The van der Waals surface area contributed by atoms with Crippen LogP contribution < -0.4 is 0 Å². The lowest BCUT2D eigenvalue weighted by atomic mass is 10.1. The van der Waals surface area contributed by atoms with E-state index in [1.165, 1.54) is 7.11 Å². The first-order valence-corrected chi connectivity index (χ1v) is 4.62. The van der Waals surface area contributed by atoms with E-state index in [1.807, 2.05) is 0 Å². The van der Waals surface area contributed by atoms with Gasteiger partial charge in [0.05, 0.1) is 7.11 Å². The van der Waals surface area contributed by atoms with Gasteiger partial charge in [-0.05, 0) is 12.8 Å². The predicted molar refractivity (Wildman–Crippen MR) is 46.2 cm³/mol. The van der Waals surface area contributed by atoms with Gasteiger partial charge in [0, 0.05) is 5.33 Å². The van der Waals surface area contributed by atoms with Crippen LogP contribution in [0.25, 0.3) is 0 Å². The molecule has 0 saturated heterocycles. The summed E-state index contributed by atoms with van der Waals surface area (Å²) in [7, 11) is 1.19. The Hall–Kier alpha value is -0.580. The Bertz CT molecular complexity index is 169. The molecule has 1 unspecified atom stereocenters. The molecule has 0 aromatic heterocycles. The summed E-state index contributed by atoms with van der Waals surface area (Å²) in [6.45, 7) is 0. The van der Waals surface area contributed by atoms with Gasteiger partial charge in [-0.3, -0.25) is 9.59 Å². The third kappa shape index (κ3) is 3.71. The minimum Gasteiger partial charge on any atom is -0.481 e. The summed E-state index contributed by atoms with van der Waals surface area (Å²) in [6.07, 6.45) is 0.958. The molecule has 1 atom stereocenters. The molecule has 0 amide bonds. The van der Waals surface area contributed by atoms with Crippen LogP contribution in [0, 0.1) is 5.92 Å². The predicted octanol–water partition coefficient (Wildman–Crippen LogP) is 1.04. The molecule has 5 heteroatoms. The van der Waals surface area contributed by atoms with Crippen molar-refractivity contribution >= 4 is 27.9 Å². The molecule has 0 radical (unpaired) electrons. The summed E-state index contributed by atoms with van der Waals surface area (Å²) < 4.78 is 4.34. The van der Waals surface area contributed by atoms with Crippen molar-refractivity contribution in [1.29, 1.82) is 0 Å². The molecule has 0 spiro atoms. The second-order valence-electron chi connectivity index (χ2n) is 2.25. The fraction of sp³-hybridized carbons (Fsp3) is 0.714. The van der Waals surface area contributed by atoms with E-state index in [0.29, 0.717) is 18.2 Å². The molecule has 0 aliphatic rings. The normalized spacial score (nSPS) is 12.2. The van der Waals surface area contributed by atoms with E-state index in [-0.39, 0.29) is 0 Å². The van der Waals surface area contributed by atoms with E-state index in [2.05, 4.69) is 20.7 Å². The molecule has 0 saturated carbocycles. The third-order valence-corrected chi connectivity index (χ3v) is 1.97. The lowest BCUT2D eigenvalue weighted by molar-refractivity contribution is -0.157. The van der Waals surface area contributed by atoms with Crippen LogP contribution in [0.4, 0.5) is 0 Å². The molecular formula is C7H11BrO4. The summed E-state index contributed by atoms with van der Waals surface area (Å²) in [4.78, 5) is 21.3. The van der Waals surface area contributed by atoms with Crippen LogP contribution in [0.3, 0.4) is 0 Å². The third-order valence-electron chi connectivity index (χ3n) is 1.41. The number of carboxylic acids is 1. The highest BCUT2D eigenvalue weighted by atomic mass is 79.9. The number of carbonyl (C=O) groups excluding carboxylic acids is 1. The zero-order valence-electron chi connectivity index (χ0n) is 6.75. The molecule has 0 heterocycles. The van der Waals surface area contributed by atoms with Crippen LogP contribution in [-0.4, -0.2) is 29.5 Å². The van der Waals surface area contributed by atoms with Crippen LogP contribution in [0.2, 0.25) is 0 Å². The van der Waals surface area contributed by atoms with Gasteiger partial charge < -0.3 is 9.84 Å². The number of ether oxygens (including phenoxy) is 1. The summed E-state index contributed by atoms with van der Waals surface area (Å²) in [5, 5.41) is 9.27. The van der Waals surface area contributed by atoms with Crippen molar-refractivity contribution in [2.24, 2.45) is 5.92 Å². The number of hydrogen-bond donors (Lipinski definition) is 1. The fourth-order valence-corrected chi connectivity index (χ4v) is 1.09. The molecule has 0 rings (SSSR count). The Labute approximate surface area is 79.0 Å². The quantitative estimate of drug-likeness (QED) is 0.442. The number of esters is 1. The number of carboxylic acid groups (broad SMARTS) is 1. The van der Waals surface area contributed by atoms with Gasteiger partial charge in [-0.1, -0.05) is 15.9 Å². The van der Waals surface area contributed by atoms with Gasteiger partial charge in [0.25, 0.3) is 0 Å². The van der Waals surface area contributed by atoms with Crippen LogP contribution in [0.1, 0.15) is 12.8 Å². The smallest absolute Gasteiger partial charge is 0.320 e. The van der Waals surface area contributed by atoms with Gasteiger partial charge in [-0.15, -0.1) is 0 Å². The fourth-order valence-electron chi connectivity index (χ4n) is 0.766. The van der Waals surface area contributed by atoms with E-state index >= 15 is 0 Å². The molecule has 12 heavy (non-hydrogen) atoms. The number of hydrogen-bond acceptors (Lipinski definition) is 3. The zero-order valence-corrected chi connectivity index (χ0v) is 8.33. The van der Waals surface area contributed by atoms with Gasteiger partial charge in [-0.25, -0.2) is 0 Å². The van der Waals surface area contributed by atoms with E-state index in [4.69, 9.17) is 5.11 Å². The van der Waals surface area contributed by atoms with E-state index in [0.717, 1.165) is 0 Å². The molecule has 70 valence electrons. The molecule has 0 aliphatic carbocycles. The Balaban J connectivity index is 4.04. The van der Waals surface area contributed by atoms with Gasteiger partial charge in [0.2, 0.25) is 0 Å². The average Bonchev–Trinajstić information content (AvgIpc) is 2.04. The van der Waals surface area contributed by atoms with Gasteiger partial charge >= 0.3 is 11.9 Å². The highest BCUT2D eigenvalue weighted by Gasteiger charge is 2.25. The number of alkyl halides is 1. The maximum Gasteiger partial charge on any atom is 0.320 e. The minimum atomic E-state index is -1.12. The molecule has 0 fully saturated rings. The van der Waals surface area contributed by atoms with Crippen molar-refractivity contribution in [3.8, 4) is 0 Å². The second kappa shape index (κ2) is 5.99. The van der Waals surface area contributed by atoms with Gasteiger partial charge in [0.15, 0.2) is 5.92 Å². The van der Waals surface area contributed by atoms with Crippen LogP contribution >= 0.6 is 15.9 Å². The summed E-state index contributed by atoms with van der Waals surface area (Å²) in [5.41, 5.74) is 0. The van der Waals surface area contributed by atoms with Crippen molar-refractivity contribution in [3.05, 3.63) is 0 Å². The Kier molecular flexibility index (Phi) is 5.70. The number of carbonyl (C=O) groups is 2. The van der Waals surface area contributed by atoms with Crippen LogP contribution in [0.15, 0.2) is 0 Å². The summed E-state index contributed by atoms with van der Waals surface area (Å²) >= 11 is 3.15. The number of aliphatic carboxylic acids is 1. The number of rotatable bonds is 5. The number of methoxy groups -OCH3 is 1. The van der Waals surface area contributed by atoms with E-state index in [1.54, 1.807) is 0 Å². The van der Waals surface area contributed by atoms with E-state index in [9.17, 15) is 9.59 Å². The Morgan fingerprint density at radius 3 is 2.50 bits per heavy atom. The highest BCUT2D eigenvalue weighted by Crippen LogP contribution is 2.09. The van der Waals surface area contributed by atoms with Crippen molar-refractivity contribution < 1.29 is 19.4 Å². The van der Waals surface area contributed by atoms with Crippen molar-refractivity contribution in [3.63, 3.8) is 0 Å². The Morgan fingerprint density at radius 2 is 2.17 bits per heavy atom. The molecule has 4 nitrogen and oxygen atoms in total. The SMILES string of the molecule is COC(=O)C(CCCBr)C(=O)O. The first-order valence-electron chi connectivity index (χ1n) is 3.50. The highest BCUT2D eigenvalue weighted by molar-refractivity contribution is 9.09. The van der Waals surface area contributed by atoms with Gasteiger partial charge in [-0.2, -0.15) is 0 Å². The van der Waals surface area contributed by atoms with E-state index < -0.39 is 17.9 Å². The summed E-state index contributed by atoms with van der Waals surface area (Å²) in [5.74, 6) is -2.82. The Morgan fingerprint density at radius 1 is 1.58 bits per heavy atom. The standard InChI is InChI=1S/C7H11BrO4/c1-12-7(11)5(6(9)10)3-2-4-8/h5H,2-4H2,1H3,(H,9,10). The first-order chi connectivity index (χ1) is 5.63. The van der Waals surface area contributed by atoms with Crippen molar-refractivity contribution in [1.82, 2.24) is 0 Å². The molecular weight excluding hydrogens is 228 g/mol. The molecule has 0 aromatic rings. The largest absolute Gasteiger partial charge is 0.481 e. The van der Waals surface area contributed by atoms with Crippen LogP contribution in [0.5, 0.6) is 0 Å². The topological polar surface area (TPSA) is 63.6 Å². The maximum absolute atomic E-state index is 10.8. The molecule has 0 aliphatic heterocycles. The lowest BCUT2D eigenvalue weighted by Gasteiger charge is -2.07. The summed E-state index contributed by atoms with van der Waals surface area (Å²) in [6, 6.07) is 0. The lowest BCUT2D eigenvalue weighted by Crippen LogP contribution is -2.24. The van der Waals surface area contributed by atoms with Crippen molar-refractivity contribution in [2.75, 3.05) is 12.4 Å². The van der Waals surface area contributed by atoms with Gasteiger partial charge in [0.1, 0.15) is 0 Å². The maximum atomic E-state index is 10.8. The average molecular weight is 239 g/mol.